The molecule has 0 bridgehead atoms. The fourth-order valence-electron chi connectivity index (χ4n) is 1.60. The van der Waals surface area contributed by atoms with Gasteiger partial charge < -0.3 is 5.32 Å². The average molecular weight is 151 g/mol. The van der Waals surface area contributed by atoms with E-state index in [9.17, 15) is 4.79 Å². The molecule has 0 radical (unpaired) electrons. The summed E-state index contributed by atoms with van der Waals surface area (Å²) in [5.41, 5.74) is 2.71. The Kier molecular flexibility index (Phi) is 1.48. The van der Waals surface area contributed by atoms with Gasteiger partial charge in [0.1, 0.15) is 0 Å². The molecule has 0 aromatic rings. The van der Waals surface area contributed by atoms with Crippen molar-refractivity contribution in [2.75, 3.05) is 0 Å². The van der Waals surface area contributed by atoms with Gasteiger partial charge in [0.05, 0.1) is 0 Å². The van der Waals surface area contributed by atoms with Crippen LogP contribution in [0, 0.1) is 5.92 Å². The van der Waals surface area contributed by atoms with Crippen molar-refractivity contribution in [1.29, 1.82) is 0 Å². The third-order valence-electron chi connectivity index (χ3n) is 2.45. The number of carbonyl (C=O) groups excluding carboxylic acids is 1. The molecular weight excluding hydrogens is 138 g/mol. The molecule has 1 unspecified atom stereocenters. The lowest BCUT2D eigenvalue weighted by Crippen LogP contribution is -2.31. The Hall–Kier alpha value is -0.790. The van der Waals surface area contributed by atoms with Crippen molar-refractivity contribution in [3.05, 3.63) is 11.3 Å². The van der Waals surface area contributed by atoms with Crippen LogP contribution in [0.5, 0.6) is 0 Å². The van der Waals surface area contributed by atoms with Crippen molar-refractivity contribution < 1.29 is 4.79 Å². The minimum absolute atomic E-state index is 0.206. The number of carbonyl (C=O) groups is 1. The van der Waals surface area contributed by atoms with E-state index in [4.69, 9.17) is 0 Å². The number of allylic oxidation sites excluding steroid dienone is 2. The molecule has 1 saturated heterocycles. The molecule has 1 atom stereocenters. The van der Waals surface area contributed by atoms with Gasteiger partial charge in [-0.1, -0.05) is 6.92 Å². The van der Waals surface area contributed by atoms with E-state index in [1.165, 1.54) is 24.1 Å². The maximum Gasteiger partial charge on any atom is 0.224 e. The zero-order chi connectivity index (χ0) is 7.84. The van der Waals surface area contributed by atoms with E-state index in [-0.39, 0.29) is 5.91 Å². The van der Waals surface area contributed by atoms with Gasteiger partial charge in [-0.15, -0.1) is 0 Å². The van der Waals surface area contributed by atoms with E-state index >= 15 is 0 Å². The zero-order valence-corrected chi connectivity index (χ0v) is 6.81. The monoisotopic (exact) mass is 151 g/mol. The molecule has 0 spiro atoms. The van der Waals surface area contributed by atoms with E-state index in [2.05, 4.69) is 12.2 Å². The van der Waals surface area contributed by atoms with Crippen molar-refractivity contribution >= 4 is 5.91 Å². The summed E-state index contributed by atoms with van der Waals surface area (Å²) in [6.07, 6.45) is 4.16. The van der Waals surface area contributed by atoms with E-state index in [0.717, 1.165) is 6.42 Å². The predicted octanol–water partition coefficient (Wildman–Crippen LogP) is 1.58. The Labute approximate surface area is 66.7 Å². The topological polar surface area (TPSA) is 29.1 Å². The molecule has 2 fully saturated rings. The second-order valence-corrected chi connectivity index (χ2v) is 3.51. The van der Waals surface area contributed by atoms with Gasteiger partial charge in [0, 0.05) is 12.1 Å². The van der Waals surface area contributed by atoms with Crippen molar-refractivity contribution in [1.82, 2.24) is 5.32 Å². The summed E-state index contributed by atoms with van der Waals surface area (Å²) >= 11 is 0. The highest BCUT2D eigenvalue weighted by atomic mass is 16.1. The second kappa shape index (κ2) is 2.36. The number of rotatable bonds is 0. The Morgan fingerprint density at radius 2 is 2.09 bits per heavy atom. The molecule has 2 rings (SSSR count). The van der Waals surface area contributed by atoms with Crippen LogP contribution in [0.1, 0.15) is 32.6 Å². The lowest BCUT2D eigenvalue weighted by atomic mass is 9.96. The van der Waals surface area contributed by atoms with Gasteiger partial charge in [0.15, 0.2) is 0 Å². The Morgan fingerprint density at radius 3 is 2.73 bits per heavy atom. The van der Waals surface area contributed by atoms with Crippen LogP contribution in [-0.4, -0.2) is 5.91 Å². The van der Waals surface area contributed by atoms with Crippen LogP contribution < -0.4 is 5.32 Å². The summed E-state index contributed by atoms with van der Waals surface area (Å²) in [4.78, 5) is 11.0. The Bertz CT molecular complexity index is 224. The highest BCUT2D eigenvalue weighted by Gasteiger charge is 2.26. The molecule has 2 aliphatic rings. The fraction of sp³-hybridized carbons (Fsp3) is 0.667. The van der Waals surface area contributed by atoms with Gasteiger partial charge in [-0.3, -0.25) is 4.79 Å². The molecule has 1 aliphatic heterocycles. The van der Waals surface area contributed by atoms with Crippen LogP contribution in [0.15, 0.2) is 11.3 Å². The molecule has 2 heteroatoms. The van der Waals surface area contributed by atoms with Gasteiger partial charge in [0.25, 0.3) is 0 Å². The van der Waals surface area contributed by atoms with E-state index in [0.29, 0.717) is 12.3 Å². The third kappa shape index (κ3) is 1.30. The number of nitrogens with one attached hydrogen (secondary N) is 1. The molecule has 1 saturated carbocycles. The van der Waals surface area contributed by atoms with E-state index in [1.807, 2.05) is 0 Å². The smallest absolute Gasteiger partial charge is 0.224 e. The second-order valence-electron chi connectivity index (χ2n) is 3.51. The summed E-state index contributed by atoms with van der Waals surface area (Å²) in [5.74, 6) is 0.794. The van der Waals surface area contributed by atoms with Crippen LogP contribution in [0.3, 0.4) is 0 Å². The number of hydrogen-bond acceptors (Lipinski definition) is 1. The SMILES string of the molecule is CC1CCC(=O)NC1=C1CC1. The van der Waals surface area contributed by atoms with Gasteiger partial charge in [-0.25, -0.2) is 0 Å². The molecule has 1 amide bonds. The lowest BCUT2D eigenvalue weighted by molar-refractivity contribution is -0.121. The zero-order valence-electron chi connectivity index (χ0n) is 6.81. The van der Waals surface area contributed by atoms with Gasteiger partial charge in [0.2, 0.25) is 5.91 Å². The molecule has 0 aromatic carbocycles. The molecule has 1 aliphatic carbocycles. The van der Waals surface area contributed by atoms with Crippen molar-refractivity contribution in [2.45, 2.75) is 32.6 Å². The average Bonchev–Trinajstić information content (AvgIpc) is 2.76. The molecule has 60 valence electrons. The Morgan fingerprint density at radius 1 is 1.36 bits per heavy atom. The van der Waals surface area contributed by atoms with Crippen LogP contribution >= 0.6 is 0 Å². The van der Waals surface area contributed by atoms with Crippen LogP contribution in [0.4, 0.5) is 0 Å². The summed E-state index contributed by atoms with van der Waals surface area (Å²) in [6.45, 7) is 2.19. The van der Waals surface area contributed by atoms with Crippen LogP contribution in [0.2, 0.25) is 0 Å². The first-order valence-corrected chi connectivity index (χ1v) is 4.29. The van der Waals surface area contributed by atoms with Crippen molar-refractivity contribution in [2.24, 2.45) is 5.92 Å². The van der Waals surface area contributed by atoms with E-state index in [1.54, 1.807) is 0 Å². The first kappa shape index (κ1) is 6.89. The quantitative estimate of drug-likeness (QED) is 0.559. The summed E-state index contributed by atoms with van der Waals surface area (Å²) in [6, 6.07) is 0. The third-order valence-corrected chi connectivity index (χ3v) is 2.45. The standard InChI is InChI=1S/C9H13NO/c1-6-2-5-8(11)10-9(6)7-3-4-7/h6H,2-5H2,1H3,(H,10,11). The van der Waals surface area contributed by atoms with E-state index < -0.39 is 0 Å². The first-order chi connectivity index (χ1) is 5.27. The highest BCUT2D eigenvalue weighted by molar-refractivity contribution is 5.79. The molecular formula is C9H13NO. The molecule has 11 heavy (non-hydrogen) atoms. The van der Waals surface area contributed by atoms with Crippen LogP contribution in [-0.2, 0) is 4.79 Å². The van der Waals surface area contributed by atoms with Gasteiger partial charge >= 0.3 is 0 Å². The molecule has 0 aromatic heterocycles. The van der Waals surface area contributed by atoms with Crippen molar-refractivity contribution in [3.63, 3.8) is 0 Å². The summed E-state index contributed by atoms with van der Waals surface area (Å²) in [7, 11) is 0. The van der Waals surface area contributed by atoms with Crippen molar-refractivity contribution in [3.8, 4) is 0 Å². The largest absolute Gasteiger partial charge is 0.330 e. The fourth-order valence-corrected chi connectivity index (χ4v) is 1.60. The molecule has 1 N–H and O–H groups in total. The van der Waals surface area contributed by atoms with Crippen LogP contribution in [0.25, 0.3) is 0 Å². The minimum Gasteiger partial charge on any atom is -0.330 e. The maximum absolute atomic E-state index is 11.0. The maximum atomic E-state index is 11.0. The lowest BCUT2D eigenvalue weighted by Gasteiger charge is -2.22. The van der Waals surface area contributed by atoms with Gasteiger partial charge in [-0.05, 0) is 30.8 Å². The number of hydrogen-bond donors (Lipinski definition) is 1. The highest BCUT2D eigenvalue weighted by Crippen LogP contribution is 2.36. The predicted molar refractivity (Wildman–Crippen MR) is 42.8 cm³/mol. The number of piperidine rings is 1. The minimum atomic E-state index is 0.206. The normalized spacial score (nSPS) is 30.3. The van der Waals surface area contributed by atoms with Gasteiger partial charge in [-0.2, -0.15) is 0 Å². The summed E-state index contributed by atoms with van der Waals surface area (Å²) in [5, 5.41) is 2.97. The summed E-state index contributed by atoms with van der Waals surface area (Å²) < 4.78 is 0. The number of amides is 1. The Balaban J connectivity index is 2.17. The molecule has 2 nitrogen and oxygen atoms in total. The first-order valence-electron chi connectivity index (χ1n) is 4.29. The molecule has 1 heterocycles.